The molecule has 0 bridgehead atoms. The van der Waals surface area contributed by atoms with Gasteiger partial charge in [-0.1, -0.05) is 19.8 Å². The standard InChI is InChI=1S/C14H32N4/c1-4-5-6-14(15)13-18-11-9-17(10-12-18)8-7-16(2)3/h14H,4-13,15H2,1-3H3. The van der Waals surface area contributed by atoms with Gasteiger partial charge in [0.05, 0.1) is 0 Å². The molecule has 0 aromatic carbocycles. The van der Waals surface area contributed by atoms with E-state index in [1.165, 1.54) is 52.0 Å². The molecule has 108 valence electrons. The first-order valence-electron chi connectivity index (χ1n) is 7.46. The molecule has 0 spiro atoms. The van der Waals surface area contributed by atoms with Crippen molar-refractivity contribution in [2.75, 3.05) is 59.9 Å². The first-order valence-corrected chi connectivity index (χ1v) is 7.46. The Morgan fingerprint density at radius 2 is 1.72 bits per heavy atom. The summed E-state index contributed by atoms with van der Waals surface area (Å²) in [5.41, 5.74) is 6.16. The van der Waals surface area contributed by atoms with E-state index in [-0.39, 0.29) is 0 Å². The molecule has 18 heavy (non-hydrogen) atoms. The van der Waals surface area contributed by atoms with Crippen LogP contribution < -0.4 is 5.73 Å². The summed E-state index contributed by atoms with van der Waals surface area (Å²) in [5.74, 6) is 0. The Balaban J connectivity index is 2.11. The Hall–Kier alpha value is -0.160. The van der Waals surface area contributed by atoms with Crippen LogP contribution in [0.4, 0.5) is 0 Å². The van der Waals surface area contributed by atoms with Gasteiger partial charge in [-0.3, -0.25) is 9.80 Å². The average Bonchev–Trinajstić information content (AvgIpc) is 2.35. The van der Waals surface area contributed by atoms with Crippen LogP contribution in [0.25, 0.3) is 0 Å². The van der Waals surface area contributed by atoms with Crippen LogP contribution in [0.2, 0.25) is 0 Å². The van der Waals surface area contributed by atoms with E-state index in [1.54, 1.807) is 0 Å². The minimum atomic E-state index is 0.373. The summed E-state index contributed by atoms with van der Waals surface area (Å²) in [4.78, 5) is 7.35. The summed E-state index contributed by atoms with van der Waals surface area (Å²) in [7, 11) is 4.28. The van der Waals surface area contributed by atoms with Crippen molar-refractivity contribution < 1.29 is 0 Å². The third-order valence-electron chi connectivity index (χ3n) is 3.75. The van der Waals surface area contributed by atoms with E-state index in [0.29, 0.717) is 6.04 Å². The maximum absolute atomic E-state index is 6.16. The second kappa shape index (κ2) is 8.86. The molecule has 0 aromatic heterocycles. The quantitative estimate of drug-likeness (QED) is 0.693. The lowest BCUT2D eigenvalue weighted by Crippen LogP contribution is -2.50. The van der Waals surface area contributed by atoms with Crippen molar-refractivity contribution in [3.05, 3.63) is 0 Å². The molecule has 4 nitrogen and oxygen atoms in total. The maximum Gasteiger partial charge on any atom is 0.0167 e. The molecular formula is C14H32N4. The molecule has 1 saturated heterocycles. The van der Waals surface area contributed by atoms with E-state index < -0.39 is 0 Å². The van der Waals surface area contributed by atoms with Gasteiger partial charge in [-0.25, -0.2) is 0 Å². The first-order chi connectivity index (χ1) is 8.61. The molecule has 1 fully saturated rings. The number of nitrogens with two attached hydrogens (primary N) is 1. The molecule has 0 aromatic rings. The van der Waals surface area contributed by atoms with E-state index in [1.807, 2.05) is 0 Å². The zero-order valence-electron chi connectivity index (χ0n) is 12.6. The Labute approximate surface area is 113 Å². The van der Waals surface area contributed by atoms with Crippen LogP contribution in [0.3, 0.4) is 0 Å². The van der Waals surface area contributed by atoms with Crippen LogP contribution in [-0.4, -0.2) is 80.7 Å². The summed E-state index contributed by atoms with van der Waals surface area (Å²) < 4.78 is 0. The monoisotopic (exact) mass is 256 g/mol. The number of rotatable bonds is 8. The van der Waals surface area contributed by atoms with Gasteiger partial charge < -0.3 is 10.6 Å². The average molecular weight is 256 g/mol. The Morgan fingerprint density at radius 1 is 1.11 bits per heavy atom. The Morgan fingerprint density at radius 3 is 2.28 bits per heavy atom. The maximum atomic E-state index is 6.16. The number of nitrogens with zero attached hydrogens (tertiary/aromatic N) is 3. The molecule has 1 heterocycles. The normalized spacial score (nSPS) is 20.5. The van der Waals surface area contributed by atoms with E-state index >= 15 is 0 Å². The fourth-order valence-corrected chi connectivity index (χ4v) is 2.43. The zero-order chi connectivity index (χ0) is 13.4. The summed E-state index contributed by atoms with van der Waals surface area (Å²) >= 11 is 0. The molecule has 0 amide bonds. The molecule has 1 aliphatic rings. The minimum absolute atomic E-state index is 0.373. The van der Waals surface area contributed by atoms with Crippen LogP contribution in [0.5, 0.6) is 0 Å². The highest BCUT2D eigenvalue weighted by atomic mass is 15.3. The van der Waals surface area contributed by atoms with Crippen LogP contribution >= 0.6 is 0 Å². The topological polar surface area (TPSA) is 35.7 Å². The van der Waals surface area contributed by atoms with Crippen molar-refractivity contribution in [3.63, 3.8) is 0 Å². The second-order valence-electron chi connectivity index (χ2n) is 5.85. The highest BCUT2D eigenvalue weighted by Crippen LogP contribution is 2.05. The van der Waals surface area contributed by atoms with Gasteiger partial charge in [-0.15, -0.1) is 0 Å². The van der Waals surface area contributed by atoms with Crippen molar-refractivity contribution in [2.45, 2.75) is 32.2 Å². The van der Waals surface area contributed by atoms with Gasteiger partial charge >= 0.3 is 0 Å². The largest absolute Gasteiger partial charge is 0.327 e. The summed E-state index contributed by atoms with van der Waals surface area (Å²) in [6.07, 6.45) is 3.70. The van der Waals surface area contributed by atoms with Gasteiger partial charge in [-0.05, 0) is 20.5 Å². The predicted octanol–water partition coefficient (Wildman–Crippen LogP) is 0.683. The van der Waals surface area contributed by atoms with Crippen LogP contribution in [0, 0.1) is 0 Å². The van der Waals surface area contributed by atoms with Gasteiger partial charge in [0.25, 0.3) is 0 Å². The lowest BCUT2D eigenvalue weighted by atomic mass is 10.1. The molecule has 1 unspecified atom stereocenters. The lowest BCUT2D eigenvalue weighted by Gasteiger charge is -2.36. The lowest BCUT2D eigenvalue weighted by molar-refractivity contribution is 0.119. The van der Waals surface area contributed by atoms with E-state index in [2.05, 4.69) is 35.7 Å². The molecule has 0 saturated carbocycles. The highest BCUT2D eigenvalue weighted by molar-refractivity contribution is 4.76. The molecule has 2 N–H and O–H groups in total. The number of piperazine rings is 1. The van der Waals surface area contributed by atoms with E-state index in [4.69, 9.17) is 5.73 Å². The van der Waals surface area contributed by atoms with Crippen molar-refractivity contribution in [1.29, 1.82) is 0 Å². The Bertz CT molecular complexity index is 200. The molecule has 1 rings (SSSR count). The molecule has 4 heteroatoms. The molecule has 1 aliphatic heterocycles. The summed E-state index contributed by atoms with van der Waals surface area (Å²) in [5, 5.41) is 0. The first kappa shape index (κ1) is 15.9. The number of likely N-dealkylation sites (N-methyl/N-ethyl adjacent to an activating group) is 1. The van der Waals surface area contributed by atoms with Crippen LogP contribution in [0.1, 0.15) is 26.2 Å². The third kappa shape index (κ3) is 6.69. The van der Waals surface area contributed by atoms with Crippen LogP contribution in [-0.2, 0) is 0 Å². The fraction of sp³-hybridized carbons (Fsp3) is 1.00. The van der Waals surface area contributed by atoms with Gasteiger partial charge in [0.15, 0.2) is 0 Å². The fourth-order valence-electron chi connectivity index (χ4n) is 2.43. The van der Waals surface area contributed by atoms with Gasteiger partial charge in [0.2, 0.25) is 0 Å². The Kier molecular flexibility index (Phi) is 7.82. The summed E-state index contributed by atoms with van der Waals surface area (Å²) in [6.45, 7) is 10.5. The molecule has 0 radical (unpaired) electrons. The molecular weight excluding hydrogens is 224 g/mol. The number of hydrogen-bond acceptors (Lipinski definition) is 4. The minimum Gasteiger partial charge on any atom is -0.327 e. The SMILES string of the molecule is CCCCC(N)CN1CCN(CCN(C)C)CC1. The van der Waals surface area contributed by atoms with Crippen molar-refractivity contribution in [3.8, 4) is 0 Å². The molecule has 1 atom stereocenters. The van der Waals surface area contributed by atoms with Crippen LogP contribution in [0.15, 0.2) is 0 Å². The number of unbranched alkanes of at least 4 members (excludes halogenated alkanes) is 1. The van der Waals surface area contributed by atoms with E-state index in [9.17, 15) is 0 Å². The smallest absolute Gasteiger partial charge is 0.0167 e. The third-order valence-corrected chi connectivity index (χ3v) is 3.75. The van der Waals surface area contributed by atoms with E-state index in [0.717, 1.165) is 13.1 Å². The van der Waals surface area contributed by atoms with Crippen molar-refractivity contribution in [1.82, 2.24) is 14.7 Å². The van der Waals surface area contributed by atoms with Gasteiger partial charge in [0.1, 0.15) is 0 Å². The van der Waals surface area contributed by atoms with Crippen molar-refractivity contribution in [2.24, 2.45) is 5.73 Å². The van der Waals surface area contributed by atoms with Gasteiger partial charge in [0, 0.05) is 51.9 Å². The van der Waals surface area contributed by atoms with Crippen molar-refractivity contribution >= 4 is 0 Å². The zero-order valence-corrected chi connectivity index (χ0v) is 12.6. The van der Waals surface area contributed by atoms with Gasteiger partial charge in [-0.2, -0.15) is 0 Å². The highest BCUT2D eigenvalue weighted by Gasteiger charge is 2.18. The second-order valence-corrected chi connectivity index (χ2v) is 5.85. The summed E-state index contributed by atoms with van der Waals surface area (Å²) in [6, 6.07) is 0.373. The molecule has 0 aliphatic carbocycles. The number of hydrogen-bond donors (Lipinski definition) is 1. The predicted molar refractivity (Wildman–Crippen MR) is 78.9 cm³/mol.